The first-order chi connectivity index (χ1) is 17.4. The zero-order chi connectivity index (χ0) is 25.1. The summed E-state index contributed by atoms with van der Waals surface area (Å²) in [7, 11) is 0. The van der Waals surface area contributed by atoms with Crippen molar-refractivity contribution in [3.63, 3.8) is 0 Å². The summed E-state index contributed by atoms with van der Waals surface area (Å²) in [4.78, 5) is 6.80. The predicted octanol–water partition coefficient (Wildman–Crippen LogP) is 3.74. The highest BCUT2D eigenvalue weighted by Gasteiger charge is 2.34. The summed E-state index contributed by atoms with van der Waals surface area (Å²) < 4.78 is 39.2. The summed E-state index contributed by atoms with van der Waals surface area (Å²) in [5.74, 6) is -0.716. The molecule has 9 heteroatoms. The van der Waals surface area contributed by atoms with E-state index in [0.29, 0.717) is 40.4 Å². The van der Waals surface area contributed by atoms with Crippen molar-refractivity contribution in [2.75, 3.05) is 45.2 Å². The third-order valence-corrected chi connectivity index (χ3v) is 6.59. The van der Waals surface area contributed by atoms with Gasteiger partial charge in [-0.1, -0.05) is 18.2 Å². The third-order valence-electron chi connectivity index (χ3n) is 6.59. The number of nitrogens with one attached hydrogen (secondary N) is 1. The number of halogens is 2. The number of fused-ring (bicyclic) bond motifs is 1. The van der Waals surface area contributed by atoms with Gasteiger partial charge in [0.25, 0.3) is 0 Å². The summed E-state index contributed by atoms with van der Waals surface area (Å²) in [6, 6.07) is 14.2. The molecule has 1 unspecified atom stereocenters. The van der Waals surface area contributed by atoms with E-state index >= 15 is 0 Å². The van der Waals surface area contributed by atoms with Crippen LogP contribution in [0.3, 0.4) is 0 Å². The van der Waals surface area contributed by atoms with Crippen molar-refractivity contribution in [1.29, 1.82) is 0 Å². The molecule has 0 saturated carbocycles. The molecule has 7 nitrogen and oxygen atoms in total. The van der Waals surface area contributed by atoms with Gasteiger partial charge in [-0.05, 0) is 41.8 Å². The van der Waals surface area contributed by atoms with Crippen LogP contribution in [0.1, 0.15) is 17.5 Å². The van der Waals surface area contributed by atoms with Crippen LogP contribution in [0.25, 0.3) is 11.1 Å². The molecular formula is C27H29F2N5O2. The number of hydrogen-bond donors (Lipinski definition) is 3. The summed E-state index contributed by atoms with van der Waals surface area (Å²) >= 11 is 0. The standard InChI is InChI=1S/C27H29F2N5O2/c28-20-5-6-21(23(29)14-20)18-3-1-4-19(13-18)27(31)22-15-24(30)26(16-25(22)32-17-33-27)36-10-2-7-34-8-11-35-12-9-34/h1,3-6,13-17H,2,7-12,30-31H2,(H,32,33). The molecule has 1 saturated heterocycles. The molecule has 0 radical (unpaired) electrons. The molecule has 36 heavy (non-hydrogen) atoms. The quantitative estimate of drug-likeness (QED) is 0.343. The van der Waals surface area contributed by atoms with E-state index < -0.39 is 17.3 Å². The van der Waals surface area contributed by atoms with Crippen LogP contribution in [-0.4, -0.2) is 50.7 Å². The average molecular weight is 494 g/mol. The Hall–Kier alpha value is -3.53. The highest BCUT2D eigenvalue weighted by atomic mass is 19.1. The van der Waals surface area contributed by atoms with Crippen molar-refractivity contribution in [1.82, 2.24) is 10.2 Å². The van der Waals surface area contributed by atoms with Crippen molar-refractivity contribution < 1.29 is 18.3 Å². The zero-order valence-electron chi connectivity index (χ0n) is 19.8. The van der Waals surface area contributed by atoms with E-state index in [2.05, 4.69) is 15.2 Å². The molecule has 3 aromatic carbocycles. The van der Waals surface area contributed by atoms with Crippen molar-refractivity contribution in [3.8, 4) is 16.9 Å². The van der Waals surface area contributed by atoms with Crippen molar-refractivity contribution in [2.45, 2.75) is 12.1 Å². The van der Waals surface area contributed by atoms with E-state index in [1.807, 2.05) is 6.07 Å². The lowest BCUT2D eigenvalue weighted by atomic mass is 9.87. The predicted molar refractivity (Wildman–Crippen MR) is 136 cm³/mol. The van der Waals surface area contributed by atoms with Crippen LogP contribution in [0, 0.1) is 11.6 Å². The summed E-state index contributed by atoms with van der Waals surface area (Å²) in [5, 5.41) is 3.13. The minimum Gasteiger partial charge on any atom is -0.491 e. The number of benzene rings is 3. The van der Waals surface area contributed by atoms with Gasteiger partial charge < -0.3 is 26.3 Å². The number of nitrogen functional groups attached to an aromatic ring is 1. The molecule has 1 fully saturated rings. The Labute approximate surface area is 208 Å². The Morgan fingerprint density at radius 3 is 2.72 bits per heavy atom. The van der Waals surface area contributed by atoms with Crippen LogP contribution in [0.4, 0.5) is 20.2 Å². The van der Waals surface area contributed by atoms with E-state index in [0.717, 1.165) is 45.3 Å². The lowest BCUT2D eigenvalue weighted by molar-refractivity contribution is 0.0358. The van der Waals surface area contributed by atoms with E-state index in [-0.39, 0.29) is 5.56 Å². The lowest BCUT2D eigenvalue weighted by Crippen LogP contribution is -2.52. The minimum atomic E-state index is -1.16. The largest absolute Gasteiger partial charge is 0.491 e. The van der Waals surface area contributed by atoms with Gasteiger partial charge in [-0.25, -0.2) is 13.8 Å². The van der Waals surface area contributed by atoms with Crippen LogP contribution in [0.15, 0.2) is 59.6 Å². The highest BCUT2D eigenvalue weighted by molar-refractivity contribution is 5.76. The number of hydrogen-bond acceptors (Lipinski definition) is 7. The first kappa shape index (κ1) is 24.2. The van der Waals surface area contributed by atoms with Crippen LogP contribution < -0.4 is 21.5 Å². The summed E-state index contributed by atoms with van der Waals surface area (Å²) in [6.45, 7) is 4.89. The number of rotatable bonds is 7. The Morgan fingerprint density at radius 1 is 1.08 bits per heavy atom. The van der Waals surface area contributed by atoms with Crippen LogP contribution in [0.5, 0.6) is 5.75 Å². The molecule has 0 spiro atoms. The maximum absolute atomic E-state index is 14.4. The van der Waals surface area contributed by atoms with Gasteiger partial charge in [-0.15, -0.1) is 0 Å². The fourth-order valence-corrected chi connectivity index (χ4v) is 4.60. The molecule has 5 rings (SSSR count). The molecule has 5 N–H and O–H groups in total. The molecule has 0 aliphatic carbocycles. The van der Waals surface area contributed by atoms with Gasteiger partial charge in [-0.3, -0.25) is 4.90 Å². The monoisotopic (exact) mass is 493 g/mol. The topological polar surface area (TPSA) is 98.1 Å². The highest BCUT2D eigenvalue weighted by Crippen LogP contribution is 2.40. The smallest absolute Gasteiger partial charge is 0.144 e. The molecular weight excluding hydrogens is 464 g/mol. The summed E-state index contributed by atoms with van der Waals surface area (Å²) in [6.07, 6.45) is 2.40. The van der Waals surface area contributed by atoms with E-state index in [1.165, 1.54) is 18.5 Å². The zero-order valence-corrected chi connectivity index (χ0v) is 19.8. The molecule has 2 heterocycles. The van der Waals surface area contributed by atoms with E-state index in [4.69, 9.17) is 20.9 Å². The average Bonchev–Trinajstić information content (AvgIpc) is 2.88. The molecule has 2 aliphatic rings. The SMILES string of the molecule is Nc1cc2c(cc1OCCCN1CCOCC1)N=CNC2(N)c1cccc(-c2ccc(F)cc2F)c1. The van der Waals surface area contributed by atoms with Crippen LogP contribution >= 0.6 is 0 Å². The Morgan fingerprint density at radius 2 is 1.92 bits per heavy atom. The van der Waals surface area contributed by atoms with Gasteiger partial charge in [0.15, 0.2) is 0 Å². The number of anilines is 1. The maximum Gasteiger partial charge on any atom is 0.144 e. The molecule has 188 valence electrons. The maximum atomic E-state index is 14.4. The van der Waals surface area contributed by atoms with E-state index in [1.54, 1.807) is 30.3 Å². The van der Waals surface area contributed by atoms with Crippen molar-refractivity contribution in [2.24, 2.45) is 10.7 Å². The molecule has 1 atom stereocenters. The second-order valence-corrected chi connectivity index (χ2v) is 8.98. The minimum absolute atomic E-state index is 0.284. The molecule has 0 aromatic heterocycles. The second kappa shape index (κ2) is 10.2. The van der Waals surface area contributed by atoms with E-state index in [9.17, 15) is 8.78 Å². The van der Waals surface area contributed by atoms with Crippen LogP contribution in [-0.2, 0) is 10.4 Å². The molecule has 0 bridgehead atoms. The summed E-state index contributed by atoms with van der Waals surface area (Å²) in [5.41, 5.74) is 15.3. The van der Waals surface area contributed by atoms with Crippen molar-refractivity contribution in [3.05, 3.63) is 77.4 Å². The number of morpholine rings is 1. The fourth-order valence-electron chi connectivity index (χ4n) is 4.60. The van der Waals surface area contributed by atoms with Crippen LogP contribution in [0.2, 0.25) is 0 Å². The van der Waals surface area contributed by atoms with Gasteiger partial charge in [0.05, 0.1) is 37.5 Å². The Kier molecular flexibility index (Phi) is 6.86. The van der Waals surface area contributed by atoms with Gasteiger partial charge in [-0.2, -0.15) is 0 Å². The number of nitrogens with two attached hydrogens (primary N) is 2. The fraction of sp³-hybridized carbons (Fsp3) is 0.296. The first-order valence-corrected chi connectivity index (χ1v) is 12.0. The third kappa shape index (κ3) is 4.90. The number of nitrogens with zero attached hydrogens (tertiary/aromatic N) is 2. The second-order valence-electron chi connectivity index (χ2n) is 8.98. The number of ether oxygens (including phenoxy) is 2. The molecule has 2 aliphatic heterocycles. The Bertz CT molecular complexity index is 1280. The van der Waals surface area contributed by atoms with Gasteiger partial charge in [0, 0.05) is 42.9 Å². The lowest BCUT2D eigenvalue weighted by Gasteiger charge is -2.35. The first-order valence-electron chi connectivity index (χ1n) is 12.0. The Balaban J connectivity index is 1.36. The van der Waals surface area contributed by atoms with Crippen molar-refractivity contribution >= 4 is 17.7 Å². The molecule has 0 amide bonds. The number of aliphatic imine (C=N–C) groups is 1. The van der Waals surface area contributed by atoms with Gasteiger partial charge in [0.1, 0.15) is 23.0 Å². The van der Waals surface area contributed by atoms with Gasteiger partial charge >= 0.3 is 0 Å². The van der Waals surface area contributed by atoms with Gasteiger partial charge in [0.2, 0.25) is 0 Å². The normalized spacial score (nSPS) is 19.5. The molecule has 3 aromatic rings.